The molecule has 0 aromatic heterocycles. The Bertz CT molecular complexity index is 1040. The molecule has 28 heavy (non-hydrogen) atoms. The normalized spacial score (nSPS) is 21.3. The number of carbonyl (C=O) groups excluding carboxylic acids is 1. The van der Waals surface area contributed by atoms with Crippen LogP contribution in [0.25, 0.3) is 0 Å². The van der Waals surface area contributed by atoms with Crippen LogP contribution in [0, 0.1) is 5.92 Å². The summed E-state index contributed by atoms with van der Waals surface area (Å²) in [6, 6.07) is 13.1. The van der Waals surface area contributed by atoms with Crippen LogP contribution in [0.1, 0.15) is 48.4 Å². The highest BCUT2D eigenvalue weighted by molar-refractivity contribution is 7.89. The third-order valence-electron chi connectivity index (χ3n) is 6.12. The summed E-state index contributed by atoms with van der Waals surface area (Å²) in [7, 11) is -3.62. The maximum atomic E-state index is 13.1. The summed E-state index contributed by atoms with van der Waals surface area (Å²) in [6.07, 6.45) is 5.45. The molecule has 1 amide bonds. The molecule has 5 rings (SSSR count). The molecule has 1 saturated carbocycles. The molecular formula is C22H24N2O3S. The summed E-state index contributed by atoms with van der Waals surface area (Å²) in [5.41, 5.74) is 4.13. The number of nitrogens with one attached hydrogen (secondary N) is 1. The maximum absolute atomic E-state index is 13.1. The Morgan fingerprint density at radius 2 is 1.82 bits per heavy atom. The number of nitrogens with zero attached hydrogens (tertiary/aromatic N) is 1. The van der Waals surface area contributed by atoms with Gasteiger partial charge in [-0.3, -0.25) is 4.79 Å². The number of hydrogen-bond acceptors (Lipinski definition) is 3. The zero-order valence-corrected chi connectivity index (χ0v) is 16.5. The van der Waals surface area contributed by atoms with Crippen molar-refractivity contribution in [3.8, 4) is 0 Å². The first-order valence-electron chi connectivity index (χ1n) is 10.1. The lowest BCUT2D eigenvalue weighted by atomic mass is 9.88. The van der Waals surface area contributed by atoms with Crippen LogP contribution in [-0.2, 0) is 27.7 Å². The van der Waals surface area contributed by atoms with E-state index in [-0.39, 0.29) is 22.8 Å². The van der Waals surface area contributed by atoms with Crippen molar-refractivity contribution in [1.29, 1.82) is 0 Å². The fourth-order valence-electron chi connectivity index (χ4n) is 4.46. The molecule has 2 aliphatic carbocycles. The second kappa shape index (κ2) is 6.71. The van der Waals surface area contributed by atoms with Gasteiger partial charge in [0.1, 0.15) is 0 Å². The Morgan fingerprint density at radius 1 is 1.00 bits per heavy atom. The van der Waals surface area contributed by atoms with Crippen LogP contribution < -0.4 is 9.62 Å². The first-order chi connectivity index (χ1) is 13.5. The minimum atomic E-state index is -3.62. The van der Waals surface area contributed by atoms with Gasteiger partial charge in [-0.1, -0.05) is 24.3 Å². The van der Waals surface area contributed by atoms with Crippen molar-refractivity contribution < 1.29 is 13.2 Å². The Morgan fingerprint density at radius 3 is 2.64 bits per heavy atom. The molecular weight excluding hydrogens is 372 g/mol. The van der Waals surface area contributed by atoms with Crippen molar-refractivity contribution in [2.45, 2.75) is 49.5 Å². The molecule has 0 saturated heterocycles. The van der Waals surface area contributed by atoms with E-state index < -0.39 is 10.0 Å². The number of sulfonamides is 1. The van der Waals surface area contributed by atoms with Crippen molar-refractivity contribution in [1.82, 2.24) is 4.72 Å². The van der Waals surface area contributed by atoms with Gasteiger partial charge in [0.2, 0.25) is 15.9 Å². The van der Waals surface area contributed by atoms with Crippen LogP contribution in [0.2, 0.25) is 0 Å². The summed E-state index contributed by atoms with van der Waals surface area (Å²) >= 11 is 0. The van der Waals surface area contributed by atoms with E-state index in [1.807, 2.05) is 23.1 Å². The highest BCUT2D eigenvalue weighted by Crippen LogP contribution is 2.37. The molecule has 6 heteroatoms. The Kier molecular flexibility index (Phi) is 4.29. The Labute approximate surface area is 165 Å². The summed E-state index contributed by atoms with van der Waals surface area (Å²) in [4.78, 5) is 14.5. The van der Waals surface area contributed by atoms with Gasteiger partial charge in [-0.05, 0) is 73.4 Å². The number of hydrogen-bond donors (Lipinski definition) is 1. The average molecular weight is 397 g/mol. The van der Waals surface area contributed by atoms with Gasteiger partial charge in [0.05, 0.1) is 4.90 Å². The maximum Gasteiger partial charge on any atom is 0.241 e. The van der Waals surface area contributed by atoms with Crippen LogP contribution >= 0.6 is 0 Å². The first-order valence-corrected chi connectivity index (χ1v) is 11.6. The van der Waals surface area contributed by atoms with E-state index in [1.165, 1.54) is 5.56 Å². The molecule has 0 bridgehead atoms. The van der Waals surface area contributed by atoms with Crippen LogP contribution in [0.5, 0.6) is 0 Å². The fraction of sp³-hybridized carbons (Fsp3) is 0.409. The average Bonchev–Trinajstić information content (AvgIpc) is 3.46. The van der Waals surface area contributed by atoms with E-state index in [9.17, 15) is 13.2 Å². The second-order valence-electron chi connectivity index (χ2n) is 8.07. The summed E-state index contributed by atoms with van der Waals surface area (Å²) in [6.45, 7) is 0.650. The van der Waals surface area contributed by atoms with Gasteiger partial charge >= 0.3 is 0 Å². The standard InChI is InChI=1S/C22H24N2O3S/c25-22(16-8-9-16)24-13-12-17-14-18(10-11-21(17)24)28(26,27)23-20-7-3-5-15-4-1-2-6-19(15)20/h1-2,4,6,10-11,14,16,20,23H,3,5,7-9,12-13H2/t20-/m0/s1. The van der Waals surface area contributed by atoms with Gasteiger partial charge in [0.15, 0.2) is 0 Å². The molecule has 5 nitrogen and oxygen atoms in total. The number of rotatable bonds is 4. The minimum absolute atomic E-state index is 0.169. The quantitative estimate of drug-likeness (QED) is 0.862. The van der Waals surface area contributed by atoms with E-state index in [4.69, 9.17) is 0 Å². The highest BCUT2D eigenvalue weighted by atomic mass is 32.2. The Hall–Kier alpha value is -2.18. The number of amides is 1. The molecule has 1 aliphatic heterocycles. The number of anilines is 1. The van der Waals surface area contributed by atoms with Crippen molar-refractivity contribution in [2.24, 2.45) is 5.92 Å². The fourth-order valence-corrected chi connectivity index (χ4v) is 5.76. The van der Waals surface area contributed by atoms with E-state index in [1.54, 1.807) is 18.2 Å². The van der Waals surface area contributed by atoms with Crippen LogP contribution in [0.15, 0.2) is 47.4 Å². The SMILES string of the molecule is O=C(C1CC1)N1CCc2cc(S(=O)(=O)N[C@H]3CCCc4ccccc43)ccc21. The smallest absolute Gasteiger partial charge is 0.241 e. The summed E-state index contributed by atoms with van der Waals surface area (Å²) in [5, 5.41) is 0. The molecule has 1 heterocycles. The van der Waals surface area contributed by atoms with Crippen LogP contribution in [0.4, 0.5) is 5.69 Å². The zero-order chi connectivity index (χ0) is 19.3. The highest BCUT2D eigenvalue weighted by Gasteiger charge is 2.37. The van der Waals surface area contributed by atoms with Gasteiger partial charge < -0.3 is 4.90 Å². The molecule has 2 aromatic carbocycles. The largest absolute Gasteiger partial charge is 0.312 e. The summed E-state index contributed by atoms with van der Waals surface area (Å²) < 4.78 is 29.0. The monoisotopic (exact) mass is 396 g/mol. The molecule has 3 aliphatic rings. The van der Waals surface area contributed by atoms with Crippen molar-refractivity contribution in [3.05, 3.63) is 59.2 Å². The van der Waals surface area contributed by atoms with Crippen LogP contribution in [0.3, 0.4) is 0 Å². The van der Waals surface area contributed by atoms with E-state index >= 15 is 0 Å². The van der Waals surface area contributed by atoms with E-state index in [2.05, 4.69) is 10.8 Å². The number of benzene rings is 2. The van der Waals surface area contributed by atoms with Crippen LogP contribution in [-0.4, -0.2) is 20.9 Å². The molecule has 1 N–H and O–H groups in total. The minimum Gasteiger partial charge on any atom is -0.312 e. The molecule has 0 unspecified atom stereocenters. The number of fused-ring (bicyclic) bond motifs is 2. The number of carbonyl (C=O) groups is 1. The van der Waals surface area contributed by atoms with E-state index in [0.29, 0.717) is 13.0 Å². The lowest BCUT2D eigenvalue weighted by Gasteiger charge is -2.26. The zero-order valence-electron chi connectivity index (χ0n) is 15.7. The predicted octanol–water partition coefficient (Wildman–Crippen LogP) is 3.34. The van der Waals surface area contributed by atoms with Gasteiger partial charge in [0.25, 0.3) is 0 Å². The summed E-state index contributed by atoms with van der Waals surface area (Å²) in [5.74, 6) is 0.355. The molecule has 1 fully saturated rings. The third-order valence-corrected chi connectivity index (χ3v) is 7.59. The lowest BCUT2D eigenvalue weighted by Crippen LogP contribution is -2.31. The topological polar surface area (TPSA) is 66.5 Å². The second-order valence-corrected chi connectivity index (χ2v) is 9.78. The number of aryl methyl sites for hydroxylation is 1. The van der Waals surface area contributed by atoms with Gasteiger partial charge in [-0.2, -0.15) is 0 Å². The lowest BCUT2D eigenvalue weighted by molar-refractivity contribution is -0.119. The van der Waals surface area contributed by atoms with Gasteiger partial charge in [-0.15, -0.1) is 0 Å². The van der Waals surface area contributed by atoms with Gasteiger partial charge in [-0.25, -0.2) is 13.1 Å². The van der Waals surface area contributed by atoms with E-state index in [0.717, 1.165) is 48.9 Å². The molecule has 2 aromatic rings. The molecule has 0 radical (unpaired) electrons. The third kappa shape index (κ3) is 3.14. The molecule has 1 atom stereocenters. The predicted molar refractivity (Wildman–Crippen MR) is 108 cm³/mol. The molecule has 146 valence electrons. The van der Waals surface area contributed by atoms with Crippen molar-refractivity contribution in [3.63, 3.8) is 0 Å². The van der Waals surface area contributed by atoms with Gasteiger partial charge in [0, 0.05) is 24.2 Å². The molecule has 0 spiro atoms. The van der Waals surface area contributed by atoms with Crippen molar-refractivity contribution in [2.75, 3.05) is 11.4 Å². The van der Waals surface area contributed by atoms with Crippen molar-refractivity contribution >= 4 is 21.6 Å². The Balaban J connectivity index is 1.40. The first kappa shape index (κ1) is 17.9.